The molecule has 4 nitrogen and oxygen atoms in total. The van der Waals surface area contributed by atoms with Crippen molar-refractivity contribution in [2.45, 2.75) is 25.8 Å². The van der Waals surface area contributed by atoms with E-state index in [9.17, 15) is 4.79 Å². The van der Waals surface area contributed by atoms with Crippen LogP contribution in [0.1, 0.15) is 30.3 Å². The largest absolute Gasteiger partial charge is 0.333 e. The molecule has 1 saturated heterocycles. The van der Waals surface area contributed by atoms with E-state index in [0.717, 1.165) is 23.9 Å². The number of likely N-dealkylation sites (tertiary alicyclic amines) is 1. The quantitative estimate of drug-likeness (QED) is 0.852. The van der Waals surface area contributed by atoms with Crippen molar-refractivity contribution in [2.24, 2.45) is 11.7 Å². The Balaban J connectivity index is 0.00000180. The first-order chi connectivity index (χ1) is 8.63. The molecule has 114 valence electrons. The molecule has 2 rings (SSSR count). The molecule has 1 aromatic rings. The number of nitrogens with zero attached hydrogens (tertiary/aromatic N) is 2. The number of hydrogen-bond acceptors (Lipinski definition) is 3. The Labute approximate surface area is 140 Å². The first kappa shape index (κ1) is 19.6. The maximum absolute atomic E-state index is 12.4. The number of rotatable bonds is 2. The average Bonchev–Trinajstić information content (AvgIpc) is 2.38. The van der Waals surface area contributed by atoms with Gasteiger partial charge in [-0.1, -0.05) is 6.92 Å². The van der Waals surface area contributed by atoms with Crippen LogP contribution in [-0.4, -0.2) is 34.9 Å². The van der Waals surface area contributed by atoms with Gasteiger partial charge in [0.25, 0.3) is 5.91 Å². The van der Waals surface area contributed by atoms with Crippen LogP contribution in [-0.2, 0) is 0 Å². The van der Waals surface area contributed by atoms with Crippen LogP contribution in [0, 0.1) is 5.92 Å². The summed E-state index contributed by atoms with van der Waals surface area (Å²) in [6.45, 7) is 3.46. The van der Waals surface area contributed by atoms with Crippen molar-refractivity contribution in [1.29, 1.82) is 0 Å². The van der Waals surface area contributed by atoms with E-state index in [4.69, 9.17) is 5.73 Å². The predicted octanol–water partition coefficient (Wildman–Crippen LogP) is 2.89. The van der Waals surface area contributed by atoms with Crippen molar-refractivity contribution in [1.82, 2.24) is 9.88 Å². The SMILES string of the molecule is CC1CCCN(C(=O)c2ccc(Br)cn2)C1CN.Cl.Cl. The Morgan fingerprint density at radius 3 is 2.75 bits per heavy atom. The molecule has 0 bridgehead atoms. The van der Waals surface area contributed by atoms with Gasteiger partial charge in [-0.25, -0.2) is 4.98 Å². The summed E-state index contributed by atoms with van der Waals surface area (Å²) < 4.78 is 0.876. The van der Waals surface area contributed by atoms with E-state index < -0.39 is 0 Å². The van der Waals surface area contributed by atoms with Gasteiger partial charge < -0.3 is 10.6 Å². The molecule has 1 amide bonds. The zero-order valence-corrected chi connectivity index (χ0v) is 14.5. The molecule has 0 spiro atoms. The van der Waals surface area contributed by atoms with E-state index in [-0.39, 0.29) is 36.8 Å². The topological polar surface area (TPSA) is 59.2 Å². The Hall–Kier alpha value is -0.360. The van der Waals surface area contributed by atoms with Gasteiger partial charge in [-0.15, -0.1) is 24.8 Å². The molecule has 1 aliphatic rings. The lowest BCUT2D eigenvalue weighted by Gasteiger charge is -2.39. The van der Waals surface area contributed by atoms with Gasteiger partial charge in [0, 0.05) is 29.8 Å². The van der Waals surface area contributed by atoms with Crippen molar-refractivity contribution in [3.05, 3.63) is 28.5 Å². The van der Waals surface area contributed by atoms with E-state index in [1.807, 2.05) is 11.0 Å². The zero-order chi connectivity index (χ0) is 13.1. The highest BCUT2D eigenvalue weighted by Crippen LogP contribution is 2.24. The molecular formula is C13H20BrCl2N3O. The number of amides is 1. The Kier molecular flexibility index (Phi) is 8.66. The molecule has 2 heterocycles. The van der Waals surface area contributed by atoms with Gasteiger partial charge >= 0.3 is 0 Å². The van der Waals surface area contributed by atoms with Crippen molar-refractivity contribution in [3.8, 4) is 0 Å². The standard InChI is InChI=1S/C13H18BrN3O.2ClH/c1-9-3-2-6-17(12(9)7-15)13(18)11-5-4-10(14)8-16-11;;/h4-5,8-9,12H,2-3,6-7,15H2,1H3;2*1H. The van der Waals surface area contributed by atoms with E-state index >= 15 is 0 Å². The Morgan fingerprint density at radius 2 is 2.20 bits per heavy atom. The van der Waals surface area contributed by atoms with Gasteiger partial charge in [0.05, 0.1) is 0 Å². The summed E-state index contributed by atoms with van der Waals surface area (Å²) in [5.41, 5.74) is 6.29. The molecule has 0 aliphatic carbocycles. The second-order valence-electron chi connectivity index (χ2n) is 4.78. The van der Waals surface area contributed by atoms with Gasteiger partial charge in [-0.2, -0.15) is 0 Å². The normalized spacial score (nSPS) is 21.6. The summed E-state index contributed by atoms with van der Waals surface area (Å²) in [4.78, 5) is 18.5. The van der Waals surface area contributed by atoms with Crippen LogP contribution >= 0.6 is 40.7 Å². The summed E-state index contributed by atoms with van der Waals surface area (Å²) in [6, 6.07) is 3.72. The van der Waals surface area contributed by atoms with E-state index in [0.29, 0.717) is 18.2 Å². The summed E-state index contributed by atoms with van der Waals surface area (Å²) in [5.74, 6) is 0.452. The van der Waals surface area contributed by atoms with Crippen LogP contribution in [0.2, 0.25) is 0 Å². The number of pyridine rings is 1. The number of nitrogens with two attached hydrogens (primary N) is 1. The lowest BCUT2D eigenvalue weighted by atomic mass is 9.90. The fourth-order valence-electron chi connectivity index (χ4n) is 2.51. The molecule has 0 aromatic carbocycles. The molecule has 1 aliphatic heterocycles. The Morgan fingerprint density at radius 1 is 1.50 bits per heavy atom. The molecule has 2 atom stereocenters. The maximum Gasteiger partial charge on any atom is 0.272 e. The minimum absolute atomic E-state index is 0. The highest BCUT2D eigenvalue weighted by Gasteiger charge is 2.31. The van der Waals surface area contributed by atoms with Gasteiger partial charge in [-0.3, -0.25) is 4.79 Å². The smallest absolute Gasteiger partial charge is 0.272 e. The van der Waals surface area contributed by atoms with Gasteiger partial charge in [0.15, 0.2) is 0 Å². The average molecular weight is 385 g/mol. The van der Waals surface area contributed by atoms with Crippen molar-refractivity contribution in [3.63, 3.8) is 0 Å². The van der Waals surface area contributed by atoms with E-state index in [2.05, 4.69) is 27.8 Å². The van der Waals surface area contributed by atoms with Crippen molar-refractivity contribution in [2.75, 3.05) is 13.1 Å². The highest BCUT2D eigenvalue weighted by atomic mass is 79.9. The summed E-state index contributed by atoms with van der Waals surface area (Å²) in [5, 5.41) is 0. The first-order valence-corrected chi connectivity index (χ1v) is 7.05. The lowest BCUT2D eigenvalue weighted by molar-refractivity contribution is 0.0526. The number of hydrogen-bond donors (Lipinski definition) is 1. The fraction of sp³-hybridized carbons (Fsp3) is 0.538. The molecule has 0 radical (unpaired) electrons. The number of aromatic nitrogens is 1. The van der Waals surface area contributed by atoms with E-state index in [1.165, 1.54) is 0 Å². The van der Waals surface area contributed by atoms with Crippen LogP contribution in [0.4, 0.5) is 0 Å². The summed E-state index contributed by atoms with van der Waals surface area (Å²) in [6.07, 6.45) is 3.83. The van der Waals surface area contributed by atoms with Gasteiger partial charge in [0.2, 0.25) is 0 Å². The van der Waals surface area contributed by atoms with Crippen LogP contribution in [0.3, 0.4) is 0 Å². The number of carbonyl (C=O) groups excluding carboxylic acids is 1. The molecule has 2 unspecified atom stereocenters. The van der Waals surface area contributed by atoms with Crippen LogP contribution < -0.4 is 5.73 Å². The molecule has 1 aromatic heterocycles. The molecular weight excluding hydrogens is 365 g/mol. The second kappa shape index (κ2) is 8.82. The third-order valence-electron chi connectivity index (χ3n) is 3.56. The molecule has 7 heteroatoms. The summed E-state index contributed by atoms with van der Waals surface area (Å²) in [7, 11) is 0. The molecule has 1 fully saturated rings. The zero-order valence-electron chi connectivity index (χ0n) is 11.3. The molecule has 20 heavy (non-hydrogen) atoms. The number of piperidine rings is 1. The fourth-order valence-corrected chi connectivity index (χ4v) is 2.74. The van der Waals surface area contributed by atoms with Crippen LogP contribution in [0.25, 0.3) is 0 Å². The number of halogens is 3. The third kappa shape index (κ3) is 4.32. The monoisotopic (exact) mass is 383 g/mol. The van der Waals surface area contributed by atoms with Crippen molar-refractivity contribution < 1.29 is 4.79 Å². The third-order valence-corrected chi connectivity index (χ3v) is 4.03. The maximum atomic E-state index is 12.4. The molecule has 2 N–H and O–H groups in total. The van der Waals surface area contributed by atoms with Crippen molar-refractivity contribution >= 4 is 46.7 Å². The van der Waals surface area contributed by atoms with Crippen LogP contribution in [0.15, 0.2) is 22.8 Å². The van der Waals surface area contributed by atoms with E-state index in [1.54, 1.807) is 12.3 Å². The predicted molar refractivity (Wildman–Crippen MR) is 88.7 cm³/mol. The minimum atomic E-state index is -0.00972. The van der Waals surface area contributed by atoms with Crippen LogP contribution in [0.5, 0.6) is 0 Å². The van der Waals surface area contributed by atoms with Gasteiger partial charge in [0.1, 0.15) is 5.69 Å². The summed E-state index contributed by atoms with van der Waals surface area (Å²) >= 11 is 3.32. The lowest BCUT2D eigenvalue weighted by Crippen LogP contribution is -2.51. The van der Waals surface area contributed by atoms with Gasteiger partial charge in [-0.05, 0) is 46.8 Å². The second-order valence-corrected chi connectivity index (χ2v) is 5.70. The highest BCUT2D eigenvalue weighted by molar-refractivity contribution is 9.10. The number of carbonyl (C=O) groups is 1. The Bertz CT molecular complexity index is 430. The molecule has 0 saturated carbocycles. The first-order valence-electron chi connectivity index (χ1n) is 6.26. The minimum Gasteiger partial charge on any atom is -0.333 e.